The van der Waals surface area contributed by atoms with Gasteiger partial charge in [-0.05, 0) is 34.5 Å². The van der Waals surface area contributed by atoms with Crippen LogP contribution in [0.2, 0.25) is 0 Å². The number of hydrogen-bond donors (Lipinski definition) is 2. The van der Waals surface area contributed by atoms with Crippen molar-refractivity contribution in [1.29, 1.82) is 0 Å². The summed E-state index contributed by atoms with van der Waals surface area (Å²) in [4.78, 5) is -0.0418. The summed E-state index contributed by atoms with van der Waals surface area (Å²) in [6.07, 6.45) is 0. The molecule has 7 heteroatoms. The fraction of sp³-hybridized carbons (Fsp3) is 0.167. The van der Waals surface area contributed by atoms with Crippen molar-refractivity contribution >= 4 is 31.6 Å². The Kier molecular flexibility index (Phi) is 3.98. The van der Waals surface area contributed by atoms with Gasteiger partial charge in [0.25, 0.3) is 10.0 Å². The summed E-state index contributed by atoms with van der Waals surface area (Å²) in [7, 11) is -3.76. The van der Waals surface area contributed by atoms with E-state index < -0.39 is 10.0 Å². The highest BCUT2D eigenvalue weighted by atomic mass is 79.9. The van der Waals surface area contributed by atoms with Crippen LogP contribution in [0.3, 0.4) is 0 Å². The lowest BCUT2D eigenvalue weighted by Gasteiger charge is -2.08. The zero-order valence-corrected chi connectivity index (χ0v) is 12.5. The van der Waals surface area contributed by atoms with E-state index in [0.717, 1.165) is 5.56 Å². The summed E-state index contributed by atoms with van der Waals surface area (Å²) in [6.45, 7) is 1.44. The number of hydrogen-bond acceptors (Lipinski definition) is 4. The smallest absolute Gasteiger partial charge is 0.266 e. The summed E-state index contributed by atoms with van der Waals surface area (Å²) in [5.41, 5.74) is 1.31. The van der Waals surface area contributed by atoms with Crippen molar-refractivity contribution in [2.75, 3.05) is 4.72 Å². The predicted octanol–water partition coefficient (Wildman–Crippen LogP) is 2.64. The average Bonchev–Trinajstić information content (AvgIpc) is 2.74. The van der Waals surface area contributed by atoms with Crippen LogP contribution in [0.5, 0.6) is 0 Å². The monoisotopic (exact) mass is 345 g/mol. The fourth-order valence-electron chi connectivity index (χ4n) is 1.55. The SMILES string of the molecule is Cc1ccccc1NS(=O)(=O)c1cc(CO)oc1Br. The third-order valence-corrected chi connectivity index (χ3v) is 4.76. The Labute approximate surface area is 119 Å². The Hall–Kier alpha value is -1.31. The lowest BCUT2D eigenvalue weighted by Crippen LogP contribution is -2.13. The van der Waals surface area contributed by atoms with Gasteiger partial charge in [-0.3, -0.25) is 4.72 Å². The van der Waals surface area contributed by atoms with Crippen molar-refractivity contribution < 1.29 is 17.9 Å². The Morgan fingerprint density at radius 2 is 2.05 bits per heavy atom. The van der Waals surface area contributed by atoms with Crippen LogP contribution in [0.1, 0.15) is 11.3 Å². The number of nitrogens with one attached hydrogen (secondary N) is 1. The Bertz CT molecular complexity index is 694. The van der Waals surface area contributed by atoms with Crippen molar-refractivity contribution in [2.45, 2.75) is 18.4 Å². The van der Waals surface area contributed by atoms with Crippen molar-refractivity contribution in [2.24, 2.45) is 0 Å². The molecule has 0 aliphatic heterocycles. The first kappa shape index (κ1) is 14.1. The van der Waals surface area contributed by atoms with Crippen LogP contribution in [0.4, 0.5) is 5.69 Å². The molecule has 2 N–H and O–H groups in total. The molecule has 0 spiro atoms. The molecule has 1 heterocycles. The first-order valence-electron chi connectivity index (χ1n) is 5.41. The van der Waals surface area contributed by atoms with Gasteiger partial charge in [-0.1, -0.05) is 18.2 Å². The quantitative estimate of drug-likeness (QED) is 0.892. The first-order chi connectivity index (χ1) is 8.94. The van der Waals surface area contributed by atoms with Crippen molar-refractivity contribution in [3.8, 4) is 0 Å². The molecule has 0 bridgehead atoms. The molecule has 0 aliphatic rings. The van der Waals surface area contributed by atoms with E-state index in [4.69, 9.17) is 9.52 Å². The highest BCUT2D eigenvalue weighted by Gasteiger charge is 2.22. The fourth-order valence-corrected chi connectivity index (χ4v) is 3.68. The van der Waals surface area contributed by atoms with Crippen LogP contribution < -0.4 is 4.72 Å². The van der Waals surface area contributed by atoms with Crippen LogP contribution in [0, 0.1) is 6.92 Å². The third-order valence-electron chi connectivity index (χ3n) is 2.54. The molecular formula is C12H12BrNO4S. The lowest BCUT2D eigenvalue weighted by atomic mass is 10.2. The van der Waals surface area contributed by atoms with Gasteiger partial charge in [0.05, 0.1) is 5.69 Å². The van der Waals surface area contributed by atoms with Crippen LogP contribution >= 0.6 is 15.9 Å². The molecule has 1 aromatic carbocycles. The zero-order valence-electron chi connectivity index (χ0n) is 10.1. The Balaban J connectivity index is 2.38. The van der Waals surface area contributed by atoms with Crippen molar-refractivity contribution in [1.82, 2.24) is 0 Å². The van der Waals surface area contributed by atoms with E-state index in [1.807, 2.05) is 6.07 Å². The molecule has 5 nitrogen and oxygen atoms in total. The number of anilines is 1. The van der Waals surface area contributed by atoms with Gasteiger partial charge in [-0.25, -0.2) is 8.42 Å². The van der Waals surface area contributed by atoms with Gasteiger partial charge in [0.15, 0.2) is 4.67 Å². The first-order valence-corrected chi connectivity index (χ1v) is 7.69. The van der Waals surface area contributed by atoms with E-state index in [1.54, 1.807) is 25.1 Å². The molecule has 2 aromatic rings. The second kappa shape index (κ2) is 5.36. The Morgan fingerprint density at radius 3 is 2.63 bits per heavy atom. The van der Waals surface area contributed by atoms with E-state index in [9.17, 15) is 8.42 Å². The van der Waals surface area contributed by atoms with Crippen LogP contribution in [-0.2, 0) is 16.6 Å². The van der Waals surface area contributed by atoms with Crippen molar-refractivity contribution in [3.05, 3.63) is 46.3 Å². The highest BCUT2D eigenvalue weighted by molar-refractivity contribution is 9.10. The number of aryl methyl sites for hydroxylation is 1. The number of para-hydroxylation sites is 1. The number of aliphatic hydroxyl groups excluding tert-OH is 1. The van der Waals surface area contributed by atoms with Gasteiger partial charge in [0, 0.05) is 6.07 Å². The maximum absolute atomic E-state index is 12.2. The minimum absolute atomic E-state index is 0.0418. The topological polar surface area (TPSA) is 79.5 Å². The molecule has 2 rings (SSSR count). The molecule has 0 aliphatic carbocycles. The number of furan rings is 1. The molecule has 0 unspecified atom stereocenters. The summed E-state index contributed by atoms with van der Waals surface area (Å²) < 4.78 is 32.1. The van der Waals surface area contributed by atoms with Crippen LogP contribution in [0.25, 0.3) is 0 Å². The summed E-state index contributed by atoms with van der Waals surface area (Å²) in [5, 5.41) is 8.95. The maximum atomic E-state index is 12.2. The molecule has 1 aromatic heterocycles. The van der Waals surface area contributed by atoms with Crippen LogP contribution in [0.15, 0.2) is 44.3 Å². The van der Waals surface area contributed by atoms with Crippen LogP contribution in [-0.4, -0.2) is 13.5 Å². The number of aliphatic hydroxyl groups is 1. The van der Waals surface area contributed by atoms with E-state index in [2.05, 4.69) is 20.7 Å². The summed E-state index contributed by atoms with van der Waals surface area (Å²) in [6, 6.07) is 8.33. The number of halogens is 1. The van der Waals surface area contributed by atoms with Crippen molar-refractivity contribution in [3.63, 3.8) is 0 Å². The normalized spacial score (nSPS) is 11.5. The molecule has 0 amide bonds. The molecule has 19 heavy (non-hydrogen) atoms. The molecule has 0 fully saturated rings. The largest absolute Gasteiger partial charge is 0.450 e. The van der Waals surface area contributed by atoms with E-state index in [-0.39, 0.29) is 21.9 Å². The number of benzene rings is 1. The summed E-state index contributed by atoms with van der Waals surface area (Å²) >= 11 is 3.03. The van der Waals surface area contributed by atoms with E-state index in [1.165, 1.54) is 6.07 Å². The molecular weight excluding hydrogens is 334 g/mol. The predicted molar refractivity (Wildman–Crippen MR) is 74.3 cm³/mol. The second-order valence-corrected chi connectivity index (χ2v) is 6.30. The highest BCUT2D eigenvalue weighted by Crippen LogP contribution is 2.28. The minimum Gasteiger partial charge on any atom is -0.450 e. The Morgan fingerprint density at radius 1 is 1.37 bits per heavy atom. The van der Waals surface area contributed by atoms with Gasteiger partial charge in [0.1, 0.15) is 17.3 Å². The molecule has 0 radical (unpaired) electrons. The van der Waals surface area contributed by atoms with E-state index >= 15 is 0 Å². The lowest BCUT2D eigenvalue weighted by molar-refractivity contribution is 0.245. The van der Waals surface area contributed by atoms with Gasteiger partial charge in [-0.2, -0.15) is 0 Å². The summed E-state index contributed by atoms with van der Waals surface area (Å²) in [5.74, 6) is 0.178. The van der Waals surface area contributed by atoms with E-state index in [0.29, 0.717) is 5.69 Å². The van der Waals surface area contributed by atoms with Gasteiger partial charge >= 0.3 is 0 Å². The zero-order chi connectivity index (χ0) is 14.0. The van der Waals surface area contributed by atoms with Gasteiger partial charge < -0.3 is 9.52 Å². The number of rotatable bonds is 4. The third kappa shape index (κ3) is 2.99. The standard InChI is InChI=1S/C12H12BrNO4S/c1-8-4-2-3-5-10(8)14-19(16,17)11-6-9(7-15)18-12(11)13/h2-6,14-15H,7H2,1H3. The van der Waals surface area contributed by atoms with Gasteiger partial charge in [0.2, 0.25) is 0 Å². The minimum atomic E-state index is -3.76. The molecule has 0 saturated carbocycles. The number of sulfonamides is 1. The molecule has 102 valence electrons. The molecule has 0 saturated heterocycles. The average molecular weight is 346 g/mol. The maximum Gasteiger partial charge on any atom is 0.266 e. The molecule has 0 atom stereocenters. The van der Waals surface area contributed by atoms with Gasteiger partial charge in [-0.15, -0.1) is 0 Å². The second-order valence-electron chi connectivity index (χ2n) is 3.93.